The summed E-state index contributed by atoms with van der Waals surface area (Å²) in [4.78, 5) is 12.1. The van der Waals surface area contributed by atoms with E-state index in [1.165, 1.54) is 24.8 Å². The number of carbonyl (C=O) groups is 1. The Labute approximate surface area is 129 Å². The molecule has 0 saturated carbocycles. The van der Waals surface area contributed by atoms with Crippen LogP contribution in [0.15, 0.2) is 24.3 Å². The van der Waals surface area contributed by atoms with Crippen molar-refractivity contribution in [2.24, 2.45) is 5.92 Å². The van der Waals surface area contributed by atoms with E-state index >= 15 is 0 Å². The third-order valence-corrected chi connectivity index (χ3v) is 4.03. The Morgan fingerprint density at radius 2 is 1.81 bits per heavy atom. The zero-order valence-corrected chi connectivity index (χ0v) is 14.0. The van der Waals surface area contributed by atoms with Gasteiger partial charge in [-0.3, -0.25) is 4.79 Å². The largest absolute Gasteiger partial charge is 0.373 e. The maximum Gasteiger partial charge on any atom is 0.188 e. The molecule has 1 atom stereocenters. The minimum Gasteiger partial charge on any atom is -0.373 e. The molecule has 0 saturated heterocycles. The van der Waals surface area contributed by atoms with Gasteiger partial charge in [0.25, 0.3) is 0 Å². The average Bonchev–Trinajstić information content (AvgIpc) is 2.50. The molecule has 0 bridgehead atoms. The van der Waals surface area contributed by atoms with Crippen molar-refractivity contribution in [3.63, 3.8) is 0 Å². The van der Waals surface area contributed by atoms with Crippen LogP contribution in [0, 0.1) is 5.92 Å². The number of rotatable bonds is 10. The van der Waals surface area contributed by atoms with Crippen LogP contribution >= 0.6 is 0 Å². The number of hydrogen-bond donors (Lipinski definition) is 0. The van der Waals surface area contributed by atoms with Crippen molar-refractivity contribution < 1.29 is 9.53 Å². The fraction of sp³-hybridized carbons (Fsp3) is 0.632. The summed E-state index contributed by atoms with van der Waals surface area (Å²) in [5, 5.41) is 0. The summed E-state index contributed by atoms with van der Waals surface area (Å²) < 4.78 is 5.63. The summed E-state index contributed by atoms with van der Waals surface area (Å²) >= 11 is 0. The van der Waals surface area contributed by atoms with Crippen molar-refractivity contribution >= 4 is 5.78 Å². The molecule has 0 aliphatic carbocycles. The van der Waals surface area contributed by atoms with Gasteiger partial charge in [-0.05, 0) is 23.8 Å². The fourth-order valence-corrected chi connectivity index (χ4v) is 2.35. The number of ketones is 1. The Balaban J connectivity index is 2.39. The highest BCUT2D eigenvalue weighted by Crippen LogP contribution is 2.16. The van der Waals surface area contributed by atoms with E-state index in [1.807, 2.05) is 24.3 Å². The van der Waals surface area contributed by atoms with Gasteiger partial charge in [0.05, 0.1) is 0 Å². The maximum absolute atomic E-state index is 12.1. The van der Waals surface area contributed by atoms with Crippen LogP contribution in [0.2, 0.25) is 0 Å². The van der Waals surface area contributed by atoms with Crippen LogP contribution in [0.3, 0.4) is 0 Å². The second-order valence-electron chi connectivity index (χ2n) is 6.13. The van der Waals surface area contributed by atoms with Gasteiger partial charge < -0.3 is 4.74 Å². The molecule has 0 heterocycles. The van der Waals surface area contributed by atoms with Gasteiger partial charge in [-0.1, -0.05) is 71.2 Å². The molecule has 1 aromatic rings. The highest BCUT2D eigenvalue weighted by atomic mass is 16.5. The first kappa shape index (κ1) is 17.9. The molecule has 0 aliphatic rings. The number of ether oxygens (including phenoxy) is 1. The van der Waals surface area contributed by atoms with Crippen LogP contribution in [0.4, 0.5) is 0 Å². The van der Waals surface area contributed by atoms with Gasteiger partial charge in [0.2, 0.25) is 0 Å². The van der Waals surface area contributed by atoms with Crippen molar-refractivity contribution in [3.8, 4) is 0 Å². The molecule has 0 aliphatic heterocycles. The monoisotopic (exact) mass is 290 g/mol. The molecule has 0 amide bonds. The van der Waals surface area contributed by atoms with E-state index in [0.29, 0.717) is 18.4 Å². The maximum atomic E-state index is 12.1. The molecule has 1 aromatic carbocycles. The molecule has 118 valence electrons. The predicted molar refractivity (Wildman–Crippen MR) is 89.0 cm³/mol. The normalized spacial score (nSPS) is 12.6. The predicted octanol–water partition coefficient (Wildman–Crippen LogP) is 5.23. The first-order valence-electron chi connectivity index (χ1n) is 8.29. The first-order chi connectivity index (χ1) is 10.1. The van der Waals surface area contributed by atoms with E-state index in [-0.39, 0.29) is 12.4 Å². The third-order valence-electron chi connectivity index (χ3n) is 4.03. The SMILES string of the molecule is CCCCC(CC)COCC(=O)c1ccc(C(C)C)cc1. The molecular formula is C19H30O2. The summed E-state index contributed by atoms with van der Waals surface area (Å²) in [5.41, 5.74) is 2.01. The zero-order chi connectivity index (χ0) is 15.7. The Kier molecular flexibility index (Phi) is 8.29. The van der Waals surface area contributed by atoms with Gasteiger partial charge in [-0.15, -0.1) is 0 Å². The molecule has 21 heavy (non-hydrogen) atoms. The Bertz CT molecular complexity index is 406. The summed E-state index contributed by atoms with van der Waals surface area (Å²) in [6.45, 7) is 9.60. The third kappa shape index (κ3) is 6.43. The van der Waals surface area contributed by atoms with E-state index in [0.717, 1.165) is 12.0 Å². The smallest absolute Gasteiger partial charge is 0.188 e. The second-order valence-corrected chi connectivity index (χ2v) is 6.13. The lowest BCUT2D eigenvalue weighted by Crippen LogP contribution is -2.15. The quantitative estimate of drug-likeness (QED) is 0.552. The van der Waals surface area contributed by atoms with Crippen molar-refractivity contribution in [2.75, 3.05) is 13.2 Å². The standard InChI is InChI=1S/C19H30O2/c1-5-7-8-16(6-2)13-21-14-19(20)18-11-9-17(10-12-18)15(3)4/h9-12,15-16H,5-8,13-14H2,1-4H3. The molecule has 0 N–H and O–H groups in total. The molecule has 0 fully saturated rings. The molecule has 0 radical (unpaired) electrons. The van der Waals surface area contributed by atoms with Crippen molar-refractivity contribution in [1.82, 2.24) is 0 Å². The van der Waals surface area contributed by atoms with E-state index < -0.39 is 0 Å². The van der Waals surface area contributed by atoms with Crippen LogP contribution in [-0.2, 0) is 4.74 Å². The van der Waals surface area contributed by atoms with Gasteiger partial charge in [0.1, 0.15) is 6.61 Å². The molecular weight excluding hydrogens is 260 g/mol. The lowest BCUT2D eigenvalue weighted by atomic mass is 10.00. The highest BCUT2D eigenvalue weighted by molar-refractivity contribution is 5.97. The molecule has 2 heteroatoms. The average molecular weight is 290 g/mol. The Hall–Kier alpha value is -1.15. The summed E-state index contributed by atoms with van der Waals surface area (Å²) in [5.74, 6) is 1.16. The summed E-state index contributed by atoms with van der Waals surface area (Å²) in [6.07, 6.45) is 4.78. The lowest BCUT2D eigenvalue weighted by Gasteiger charge is -2.14. The van der Waals surface area contributed by atoms with E-state index in [2.05, 4.69) is 27.7 Å². The number of hydrogen-bond acceptors (Lipinski definition) is 2. The van der Waals surface area contributed by atoms with Gasteiger partial charge in [-0.2, -0.15) is 0 Å². The van der Waals surface area contributed by atoms with Crippen LogP contribution in [-0.4, -0.2) is 19.0 Å². The summed E-state index contributed by atoms with van der Waals surface area (Å²) in [6, 6.07) is 7.90. The molecule has 2 nitrogen and oxygen atoms in total. The number of benzene rings is 1. The van der Waals surface area contributed by atoms with E-state index in [9.17, 15) is 4.79 Å². The highest BCUT2D eigenvalue weighted by Gasteiger charge is 2.10. The molecule has 1 unspecified atom stereocenters. The van der Waals surface area contributed by atoms with Gasteiger partial charge in [0, 0.05) is 12.2 Å². The van der Waals surface area contributed by atoms with Gasteiger partial charge in [-0.25, -0.2) is 0 Å². The Morgan fingerprint density at radius 3 is 2.33 bits per heavy atom. The van der Waals surface area contributed by atoms with Crippen LogP contribution in [0.25, 0.3) is 0 Å². The van der Waals surface area contributed by atoms with Gasteiger partial charge in [0.15, 0.2) is 5.78 Å². The number of unbranched alkanes of at least 4 members (excludes halogenated alkanes) is 1. The van der Waals surface area contributed by atoms with E-state index in [4.69, 9.17) is 4.74 Å². The number of Topliss-reactive ketones (excluding diaryl/α,β-unsaturated/α-hetero) is 1. The zero-order valence-electron chi connectivity index (χ0n) is 14.0. The minimum absolute atomic E-state index is 0.0793. The topological polar surface area (TPSA) is 26.3 Å². The Morgan fingerprint density at radius 1 is 1.14 bits per heavy atom. The lowest BCUT2D eigenvalue weighted by molar-refractivity contribution is 0.0658. The second kappa shape index (κ2) is 9.73. The van der Waals surface area contributed by atoms with E-state index in [1.54, 1.807) is 0 Å². The molecule has 1 rings (SSSR count). The van der Waals surface area contributed by atoms with Crippen molar-refractivity contribution in [3.05, 3.63) is 35.4 Å². The fourth-order valence-electron chi connectivity index (χ4n) is 2.35. The molecule has 0 aromatic heterocycles. The first-order valence-corrected chi connectivity index (χ1v) is 8.29. The van der Waals surface area contributed by atoms with Crippen LogP contribution in [0.5, 0.6) is 0 Å². The molecule has 0 spiro atoms. The number of carbonyl (C=O) groups excluding carboxylic acids is 1. The van der Waals surface area contributed by atoms with Crippen molar-refractivity contribution in [1.29, 1.82) is 0 Å². The van der Waals surface area contributed by atoms with Gasteiger partial charge >= 0.3 is 0 Å². The minimum atomic E-state index is 0.0793. The van der Waals surface area contributed by atoms with Crippen LogP contribution < -0.4 is 0 Å². The van der Waals surface area contributed by atoms with Crippen LogP contribution in [0.1, 0.15) is 75.2 Å². The van der Waals surface area contributed by atoms with Crippen molar-refractivity contribution in [2.45, 2.75) is 59.3 Å². The summed E-state index contributed by atoms with van der Waals surface area (Å²) in [7, 11) is 0.